The van der Waals surface area contributed by atoms with Gasteiger partial charge in [0.1, 0.15) is 5.75 Å². The molecule has 0 atom stereocenters. The lowest BCUT2D eigenvalue weighted by Gasteiger charge is -2.15. The molecular formula is C18H19N3O4S. The molecule has 26 heavy (non-hydrogen) atoms. The maximum Gasteiger partial charge on any atom is 0.263 e. The van der Waals surface area contributed by atoms with Crippen LogP contribution >= 0.6 is 0 Å². The highest BCUT2D eigenvalue weighted by Crippen LogP contribution is 2.27. The van der Waals surface area contributed by atoms with Gasteiger partial charge < -0.3 is 9.47 Å². The first-order valence-corrected chi connectivity index (χ1v) is 9.47. The van der Waals surface area contributed by atoms with E-state index >= 15 is 0 Å². The fourth-order valence-corrected chi connectivity index (χ4v) is 3.30. The Morgan fingerprint density at radius 3 is 2.15 bits per heavy atom. The van der Waals surface area contributed by atoms with Gasteiger partial charge in [-0.25, -0.2) is 18.4 Å². The van der Waals surface area contributed by atoms with Crippen LogP contribution in [0.5, 0.6) is 11.6 Å². The Bertz CT molecular complexity index is 1020. The first-order chi connectivity index (χ1) is 12.4. The first-order valence-electron chi connectivity index (χ1n) is 7.99. The summed E-state index contributed by atoms with van der Waals surface area (Å²) in [4.78, 5) is 8.85. The molecule has 2 aromatic carbocycles. The molecule has 3 aromatic rings. The van der Waals surface area contributed by atoms with Gasteiger partial charge in [-0.15, -0.1) is 0 Å². The summed E-state index contributed by atoms with van der Waals surface area (Å²) in [5.74, 6) is 0.752. The lowest BCUT2D eigenvalue weighted by atomic mass is 10.3. The molecule has 136 valence electrons. The average Bonchev–Trinajstić information content (AvgIpc) is 2.61. The van der Waals surface area contributed by atoms with Gasteiger partial charge >= 0.3 is 0 Å². The Morgan fingerprint density at radius 2 is 1.58 bits per heavy atom. The van der Waals surface area contributed by atoms with Crippen LogP contribution < -0.4 is 14.2 Å². The zero-order valence-electron chi connectivity index (χ0n) is 14.6. The van der Waals surface area contributed by atoms with E-state index in [0.717, 1.165) is 0 Å². The molecule has 0 saturated carbocycles. The molecule has 3 rings (SSSR count). The topological polar surface area (TPSA) is 90.4 Å². The van der Waals surface area contributed by atoms with E-state index in [9.17, 15) is 8.42 Å². The fourth-order valence-electron chi connectivity index (χ4n) is 2.30. The number of aromatic nitrogens is 2. The first kappa shape index (κ1) is 17.9. The number of sulfonamides is 1. The highest BCUT2D eigenvalue weighted by atomic mass is 32.2. The molecule has 1 N–H and O–H groups in total. The summed E-state index contributed by atoms with van der Waals surface area (Å²) in [5, 5.41) is 0. The summed E-state index contributed by atoms with van der Waals surface area (Å²) in [6.45, 7) is 3.66. The third-order valence-corrected chi connectivity index (χ3v) is 4.84. The van der Waals surface area contributed by atoms with Crippen LogP contribution in [0.25, 0.3) is 11.0 Å². The van der Waals surface area contributed by atoms with Crippen molar-refractivity contribution in [2.45, 2.75) is 24.8 Å². The summed E-state index contributed by atoms with van der Waals surface area (Å²) in [7, 11) is -2.34. The van der Waals surface area contributed by atoms with Crippen LogP contribution in [-0.2, 0) is 10.0 Å². The number of hydrogen-bond donors (Lipinski definition) is 1. The van der Waals surface area contributed by atoms with Crippen LogP contribution in [0.3, 0.4) is 0 Å². The molecule has 0 bridgehead atoms. The number of para-hydroxylation sites is 2. The van der Waals surface area contributed by atoms with Crippen LogP contribution in [-0.4, -0.2) is 31.6 Å². The molecule has 1 heterocycles. The Hall–Kier alpha value is -2.87. The van der Waals surface area contributed by atoms with Gasteiger partial charge in [-0.2, -0.15) is 0 Å². The van der Waals surface area contributed by atoms with Crippen molar-refractivity contribution >= 4 is 26.9 Å². The Labute approximate surface area is 152 Å². The van der Waals surface area contributed by atoms with Gasteiger partial charge in [0.2, 0.25) is 5.82 Å². The van der Waals surface area contributed by atoms with Crippen molar-refractivity contribution < 1.29 is 17.9 Å². The van der Waals surface area contributed by atoms with Gasteiger partial charge in [0, 0.05) is 0 Å². The molecule has 0 aliphatic rings. The molecule has 0 unspecified atom stereocenters. The van der Waals surface area contributed by atoms with E-state index in [0.29, 0.717) is 16.8 Å². The summed E-state index contributed by atoms with van der Waals surface area (Å²) in [5.41, 5.74) is 1.19. The number of nitrogens with zero attached hydrogens (tertiary/aromatic N) is 2. The van der Waals surface area contributed by atoms with Gasteiger partial charge in [0.15, 0.2) is 0 Å². The largest absolute Gasteiger partial charge is 0.497 e. The summed E-state index contributed by atoms with van der Waals surface area (Å²) in [6, 6.07) is 13.2. The van der Waals surface area contributed by atoms with Gasteiger partial charge in [0.25, 0.3) is 15.9 Å². The van der Waals surface area contributed by atoms with E-state index in [1.165, 1.54) is 19.2 Å². The van der Waals surface area contributed by atoms with Crippen LogP contribution in [0.2, 0.25) is 0 Å². The van der Waals surface area contributed by atoms with Gasteiger partial charge in [-0.3, -0.25) is 4.72 Å². The zero-order valence-corrected chi connectivity index (χ0v) is 15.4. The molecule has 0 aliphatic carbocycles. The average molecular weight is 373 g/mol. The van der Waals surface area contributed by atoms with Gasteiger partial charge in [-0.05, 0) is 50.2 Å². The Balaban J connectivity index is 2.02. The van der Waals surface area contributed by atoms with Crippen molar-refractivity contribution in [2.75, 3.05) is 11.8 Å². The van der Waals surface area contributed by atoms with Crippen LogP contribution in [0.1, 0.15) is 13.8 Å². The van der Waals surface area contributed by atoms with Gasteiger partial charge in [-0.1, -0.05) is 12.1 Å². The van der Waals surface area contributed by atoms with Crippen molar-refractivity contribution in [3.05, 3.63) is 48.5 Å². The van der Waals surface area contributed by atoms with Crippen molar-refractivity contribution in [3.63, 3.8) is 0 Å². The maximum atomic E-state index is 12.7. The summed E-state index contributed by atoms with van der Waals surface area (Å²) < 4.78 is 38.6. The third kappa shape index (κ3) is 3.85. The quantitative estimate of drug-likeness (QED) is 0.713. The number of rotatable bonds is 6. The van der Waals surface area contributed by atoms with E-state index < -0.39 is 10.0 Å². The molecule has 0 radical (unpaired) electrons. The molecule has 1 aromatic heterocycles. The van der Waals surface area contributed by atoms with E-state index in [2.05, 4.69) is 14.7 Å². The van der Waals surface area contributed by atoms with E-state index in [4.69, 9.17) is 9.47 Å². The SMILES string of the molecule is COc1ccc(S(=O)(=O)Nc2nc3ccccc3nc2OC(C)C)cc1. The predicted octanol–water partition coefficient (Wildman–Crippen LogP) is 3.23. The number of benzene rings is 2. The molecule has 0 aliphatic heterocycles. The molecule has 0 fully saturated rings. The second-order valence-corrected chi connectivity index (χ2v) is 7.50. The number of fused-ring (bicyclic) bond motifs is 1. The Kier molecular flexibility index (Phi) is 4.94. The van der Waals surface area contributed by atoms with Crippen molar-refractivity contribution in [3.8, 4) is 11.6 Å². The number of nitrogens with one attached hydrogen (secondary N) is 1. The summed E-state index contributed by atoms with van der Waals surface area (Å²) >= 11 is 0. The molecular weight excluding hydrogens is 354 g/mol. The molecule has 0 spiro atoms. The van der Waals surface area contributed by atoms with Crippen LogP contribution in [0.4, 0.5) is 5.82 Å². The second kappa shape index (κ2) is 7.17. The monoisotopic (exact) mass is 373 g/mol. The number of hydrogen-bond acceptors (Lipinski definition) is 6. The number of anilines is 1. The van der Waals surface area contributed by atoms with Crippen molar-refractivity contribution in [1.29, 1.82) is 0 Å². The third-order valence-electron chi connectivity index (χ3n) is 3.49. The van der Waals surface area contributed by atoms with Crippen LogP contribution in [0, 0.1) is 0 Å². The predicted molar refractivity (Wildman–Crippen MR) is 99.1 cm³/mol. The molecule has 8 heteroatoms. The fraction of sp³-hybridized carbons (Fsp3) is 0.222. The lowest BCUT2D eigenvalue weighted by molar-refractivity contribution is 0.234. The summed E-state index contributed by atoms with van der Waals surface area (Å²) in [6.07, 6.45) is -0.185. The highest BCUT2D eigenvalue weighted by Gasteiger charge is 2.20. The van der Waals surface area contributed by atoms with Crippen LogP contribution in [0.15, 0.2) is 53.4 Å². The highest BCUT2D eigenvalue weighted by molar-refractivity contribution is 7.92. The van der Waals surface area contributed by atoms with E-state index in [1.807, 2.05) is 26.0 Å². The maximum absolute atomic E-state index is 12.7. The van der Waals surface area contributed by atoms with Gasteiger partial charge in [0.05, 0.1) is 29.1 Å². The minimum atomic E-state index is -3.85. The number of ether oxygens (including phenoxy) is 2. The van der Waals surface area contributed by atoms with Crippen molar-refractivity contribution in [1.82, 2.24) is 9.97 Å². The minimum absolute atomic E-state index is 0.0493. The van der Waals surface area contributed by atoms with E-state index in [1.54, 1.807) is 24.3 Å². The normalized spacial score (nSPS) is 11.5. The Morgan fingerprint density at radius 1 is 0.962 bits per heavy atom. The lowest BCUT2D eigenvalue weighted by Crippen LogP contribution is -2.17. The molecule has 7 nitrogen and oxygen atoms in total. The smallest absolute Gasteiger partial charge is 0.263 e. The molecule has 0 amide bonds. The molecule has 0 saturated heterocycles. The minimum Gasteiger partial charge on any atom is -0.497 e. The standard InChI is InChI=1S/C18H19N3O4S/c1-12(2)25-18-17(19-15-6-4-5-7-16(15)20-18)21-26(22,23)14-10-8-13(24-3)9-11-14/h4-12H,1-3H3,(H,19,21). The zero-order chi connectivity index (χ0) is 18.7. The van der Waals surface area contributed by atoms with E-state index in [-0.39, 0.29) is 22.7 Å². The van der Waals surface area contributed by atoms with Crippen molar-refractivity contribution in [2.24, 2.45) is 0 Å². The number of methoxy groups -OCH3 is 1. The second-order valence-electron chi connectivity index (χ2n) is 5.81.